The molecule has 2 N–H and O–H groups in total. The van der Waals surface area contributed by atoms with Crippen LogP contribution in [0.5, 0.6) is 0 Å². The standard InChI is InChI=1S/C26H32N6O/c1-2-27-26(29-17-14-21-10-12-24(13-11-21)32-18-6-16-30-32)28-15-5-9-25(33)31-19-22-7-3-4-8-23(22)20-31/h3-4,6-8,10-13,16,18H,2,5,9,14-15,17,19-20H2,1H3,(H2,27,28,29). The Balaban J connectivity index is 1.18. The van der Waals surface area contributed by atoms with Gasteiger partial charge in [0, 0.05) is 51.5 Å². The van der Waals surface area contributed by atoms with Crippen molar-refractivity contribution < 1.29 is 4.79 Å². The number of carbonyl (C=O) groups is 1. The molecule has 2 aromatic carbocycles. The van der Waals surface area contributed by atoms with E-state index in [9.17, 15) is 4.79 Å². The summed E-state index contributed by atoms with van der Waals surface area (Å²) in [5.74, 6) is 1.00. The van der Waals surface area contributed by atoms with Gasteiger partial charge in [-0.2, -0.15) is 5.10 Å². The molecule has 172 valence electrons. The molecule has 1 aliphatic rings. The summed E-state index contributed by atoms with van der Waals surface area (Å²) in [6, 6.07) is 18.6. The maximum absolute atomic E-state index is 12.6. The van der Waals surface area contributed by atoms with Gasteiger partial charge in [-0.15, -0.1) is 0 Å². The van der Waals surface area contributed by atoms with E-state index in [1.165, 1.54) is 16.7 Å². The fraction of sp³-hybridized carbons (Fsp3) is 0.346. The molecular weight excluding hydrogens is 412 g/mol. The Morgan fingerprint density at radius 1 is 1.03 bits per heavy atom. The van der Waals surface area contributed by atoms with E-state index in [2.05, 4.69) is 64.0 Å². The second-order valence-corrected chi connectivity index (χ2v) is 8.18. The van der Waals surface area contributed by atoms with Gasteiger partial charge in [0.2, 0.25) is 5.91 Å². The Morgan fingerprint density at radius 2 is 1.79 bits per heavy atom. The van der Waals surface area contributed by atoms with Crippen molar-refractivity contribution in [2.45, 2.75) is 39.3 Å². The van der Waals surface area contributed by atoms with Gasteiger partial charge in [0.15, 0.2) is 5.96 Å². The molecule has 0 aliphatic carbocycles. The summed E-state index contributed by atoms with van der Waals surface area (Å²) in [7, 11) is 0. The predicted molar refractivity (Wildman–Crippen MR) is 131 cm³/mol. The summed E-state index contributed by atoms with van der Waals surface area (Å²) in [6.07, 6.45) is 5.89. The first-order valence-electron chi connectivity index (χ1n) is 11.7. The molecule has 1 amide bonds. The molecule has 4 rings (SSSR count). The molecule has 2 heterocycles. The van der Waals surface area contributed by atoms with Crippen molar-refractivity contribution in [2.24, 2.45) is 4.99 Å². The summed E-state index contributed by atoms with van der Waals surface area (Å²) in [5, 5.41) is 10.9. The smallest absolute Gasteiger partial charge is 0.223 e. The summed E-state index contributed by atoms with van der Waals surface area (Å²) in [5.41, 5.74) is 4.84. The number of amides is 1. The summed E-state index contributed by atoms with van der Waals surface area (Å²) in [4.78, 5) is 19.1. The third-order valence-electron chi connectivity index (χ3n) is 5.77. The molecule has 0 atom stereocenters. The highest BCUT2D eigenvalue weighted by Gasteiger charge is 2.22. The Labute approximate surface area is 195 Å². The van der Waals surface area contributed by atoms with Crippen LogP contribution < -0.4 is 10.6 Å². The third kappa shape index (κ3) is 6.22. The van der Waals surface area contributed by atoms with Crippen LogP contribution in [-0.4, -0.2) is 46.2 Å². The van der Waals surface area contributed by atoms with Gasteiger partial charge >= 0.3 is 0 Å². The molecule has 1 aromatic heterocycles. The van der Waals surface area contributed by atoms with Gasteiger partial charge in [-0.05, 0) is 54.7 Å². The average Bonchev–Trinajstić information content (AvgIpc) is 3.52. The van der Waals surface area contributed by atoms with Crippen molar-refractivity contribution in [3.8, 4) is 5.69 Å². The molecule has 0 saturated carbocycles. The molecule has 0 unspecified atom stereocenters. The lowest BCUT2D eigenvalue weighted by Gasteiger charge is -2.15. The van der Waals surface area contributed by atoms with Crippen LogP contribution in [-0.2, 0) is 24.3 Å². The number of carbonyl (C=O) groups excluding carboxylic acids is 1. The first-order valence-corrected chi connectivity index (χ1v) is 11.7. The number of rotatable bonds is 9. The fourth-order valence-corrected chi connectivity index (χ4v) is 3.99. The van der Waals surface area contributed by atoms with Crippen molar-refractivity contribution in [1.29, 1.82) is 0 Å². The second-order valence-electron chi connectivity index (χ2n) is 8.18. The number of benzene rings is 2. The number of aromatic nitrogens is 2. The predicted octanol–water partition coefficient (Wildman–Crippen LogP) is 3.29. The number of hydrogen-bond donors (Lipinski definition) is 2. The molecule has 0 fully saturated rings. The molecule has 0 spiro atoms. The Kier molecular flexibility index (Phi) is 7.74. The van der Waals surface area contributed by atoms with E-state index in [0.29, 0.717) is 13.0 Å². The SMILES string of the molecule is CCNC(=NCCCC(=O)N1Cc2ccccc2C1)NCCc1ccc(-n2cccn2)cc1. The van der Waals surface area contributed by atoms with E-state index in [-0.39, 0.29) is 5.91 Å². The highest BCUT2D eigenvalue weighted by Crippen LogP contribution is 2.22. The number of aliphatic imine (C=N–C) groups is 1. The summed E-state index contributed by atoms with van der Waals surface area (Å²) < 4.78 is 1.85. The zero-order valence-electron chi connectivity index (χ0n) is 19.2. The number of fused-ring (bicyclic) bond motifs is 1. The summed E-state index contributed by atoms with van der Waals surface area (Å²) in [6.45, 7) is 5.73. The number of nitrogens with zero attached hydrogens (tertiary/aromatic N) is 4. The Bertz CT molecular complexity index is 1030. The number of guanidine groups is 1. The second kappa shape index (κ2) is 11.3. The van der Waals surface area contributed by atoms with Gasteiger partial charge in [-0.1, -0.05) is 36.4 Å². The lowest BCUT2D eigenvalue weighted by atomic mass is 10.1. The zero-order valence-corrected chi connectivity index (χ0v) is 19.2. The normalized spacial score (nSPS) is 13.1. The quantitative estimate of drug-likeness (QED) is 0.302. The van der Waals surface area contributed by atoms with Crippen molar-refractivity contribution in [3.63, 3.8) is 0 Å². The van der Waals surface area contributed by atoms with E-state index >= 15 is 0 Å². The van der Waals surface area contributed by atoms with Gasteiger partial charge in [-0.3, -0.25) is 9.79 Å². The fourth-order valence-electron chi connectivity index (χ4n) is 3.99. The van der Waals surface area contributed by atoms with E-state index < -0.39 is 0 Å². The average molecular weight is 445 g/mol. The van der Waals surface area contributed by atoms with Crippen LogP contribution in [0.25, 0.3) is 5.69 Å². The van der Waals surface area contributed by atoms with Crippen LogP contribution in [0.2, 0.25) is 0 Å². The van der Waals surface area contributed by atoms with Crippen molar-refractivity contribution in [2.75, 3.05) is 19.6 Å². The topological polar surface area (TPSA) is 74.6 Å². The van der Waals surface area contributed by atoms with Gasteiger partial charge in [0.1, 0.15) is 0 Å². The molecule has 1 aliphatic heterocycles. The summed E-state index contributed by atoms with van der Waals surface area (Å²) >= 11 is 0. The highest BCUT2D eigenvalue weighted by atomic mass is 16.2. The van der Waals surface area contributed by atoms with E-state index in [1.807, 2.05) is 34.0 Å². The first kappa shape index (κ1) is 22.6. The van der Waals surface area contributed by atoms with Gasteiger partial charge < -0.3 is 15.5 Å². The van der Waals surface area contributed by atoms with Gasteiger partial charge in [-0.25, -0.2) is 4.68 Å². The van der Waals surface area contributed by atoms with Crippen molar-refractivity contribution in [3.05, 3.63) is 83.7 Å². The first-order chi connectivity index (χ1) is 16.2. The molecular formula is C26H32N6O. The molecule has 3 aromatic rings. The van der Waals surface area contributed by atoms with Crippen LogP contribution in [0.15, 0.2) is 72.0 Å². The van der Waals surface area contributed by atoms with E-state index in [4.69, 9.17) is 0 Å². The molecule has 7 nitrogen and oxygen atoms in total. The molecule has 33 heavy (non-hydrogen) atoms. The molecule has 0 saturated heterocycles. The minimum absolute atomic E-state index is 0.206. The number of nitrogens with one attached hydrogen (secondary N) is 2. The highest BCUT2D eigenvalue weighted by molar-refractivity contribution is 5.80. The molecule has 7 heteroatoms. The van der Waals surface area contributed by atoms with E-state index in [1.54, 1.807) is 6.20 Å². The van der Waals surface area contributed by atoms with Crippen LogP contribution in [0.1, 0.15) is 36.5 Å². The minimum atomic E-state index is 0.206. The largest absolute Gasteiger partial charge is 0.357 e. The van der Waals surface area contributed by atoms with E-state index in [0.717, 1.165) is 50.7 Å². The third-order valence-corrected chi connectivity index (χ3v) is 5.77. The van der Waals surface area contributed by atoms with Crippen molar-refractivity contribution >= 4 is 11.9 Å². The van der Waals surface area contributed by atoms with Gasteiger partial charge in [0.25, 0.3) is 0 Å². The Morgan fingerprint density at radius 3 is 2.45 bits per heavy atom. The molecule has 0 bridgehead atoms. The van der Waals surface area contributed by atoms with Gasteiger partial charge in [0.05, 0.1) is 5.69 Å². The van der Waals surface area contributed by atoms with Crippen LogP contribution in [0, 0.1) is 0 Å². The number of hydrogen-bond acceptors (Lipinski definition) is 3. The van der Waals surface area contributed by atoms with Crippen molar-refractivity contribution in [1.82, 2.24) is 25.3 Å². The van der Waals surface area contributed by atoms with Crippen LogP contribution in [0.4, 0.5) is 0 Å². The van der Waals surface area contributed by atoms with Crippen LogP contribution in [0.3, 0.4) is 0 Å². The molecule has 0 radical (unpaired) electrons. The maximum atomic E-state index is 12.6. The Hall–Kier alpha value is -3.61. The minimum Gasteiger partial charge on any atom is -0.357 e. The lowest BCUT2D eigenvalue weighted by Crippen LogP contribution is -2.38. The zero-order chi connectivity index (χ0) is 22.9. The van der Waals surface area contributed by atoms with Crippen LogP contribution >= 0.6 is 0 Å². The maximum Gasteiger partial charge on any atom is 0.223 e. The lowest BCUT2D eigenvalue weighted by molar-refractivity contribution is -0.131. The monoisotopic (exact) mass is 444 g/mol.